The van der Waals surface area contributed by atoms with Crippen molar-refractivity contribution in [2.24, 2.45) is 0 Å². The molecule has 1 heterocycles. The molecule has 0 saturated carbocycles. The van der Waals surface area contributed by atoms with Crippen LogP contribution in [0.4, 0.5) is 0 Å². The second kappa shape index (κ2) is 6.53. The maximum absolute atomic E-state index is 11.5. The van der Waals surface area contributed by atoms with Crippen LogP contribution in [0.25, 0.3) is 0 Å². The summed E-state index contributed by atoms with van der Waals surface area (Å²) in [5.74, 6) is -0.236. The van der Waals surface area contributed by atoms with Gasteiger partial charge in [-0.15, -0.1) is 0 Å². The van der Waals surface area contributed by atoms with Crippen molar-refractivity contribution in [1.82, 2.24) is 10.3 Å². The van der Waals surface area contributed by atoms with Gasteiger partial charge in [-0.05, 0) is 18.6 Å². The number of hydrogen-bond donors (Lipinski definition) is 1. The topological polar surface area (TPSA) is 75.0 Å². The number of rotatable bonds is 5. The van der Waals surface area contributed by atoms with Gasteiger partial charge in [0.2, 0.25) is 0 Å². The van der Waals surface area contributed by atoms with Gasteiger partial charge in [0.15, 0.2) is 0 Å². The minimum Gasteiger partial charge on any atom is -0.385 e. The number of ether oxygens (including phenoxy) is 1. The van der Waals surface area contributed by atoms with Gasteiger partial charge in [0.1, 0.15) is 11.8 Å². The lowest BCUT2D eigenvalue weighted by molar-refractivity contribution is 0.0943. The fraction of sp³-hybridized carbons (Fsp3) is 0.364. The highest BCUT2D eigenvalue weighted by Gasteiger charge is 2.05. The zero-order chi connectivity index (χ0) is 11.8. The van der Waals surface area contributed by atoms with Crippen LogP contribution in [0.15, 0.2) is 18.3 Å². The first-order valence-corrected chi connectivity index (χ1v) is 4.91. The normalized spacial score (nSPS) is 9.50. The smallest absolute Gasteiger partial charge is 0.269 e. The van der Waals surface area contributed by atoms with Crippen LogP contribution in [0.3, 0.4) is 0 Å². The molecule has 0 aliphatic heterocycles. The minimum atomic E-state index is -0.236. The molecule has 1 N–H and O–H groups in total. The molecule has 84 valence electrons. The molecule has 0 atom stereocenters. The predicted molar refractivity (Wildman–Crippen MR) is 57.8 cm³/mol. The summed E-state index contributed by atoms with van der Waals surface area (Å²) in [6.45, 7) is 1.16. The number of carbonyl (C=O) groups excluding carboxylic acids is 1. The van der Waals surface area contributed by atoms with Crippen LogP contribution < -0.4 is 5.32 Å². The molecule has 0 spiro atoms. The van der Waals surface area contributed by atoms with Crippen molar-refractivity contribution in [3.05, 3.63) is 29.6 Å². The Labute approximate surface area is 94.1 Å². The number of hydrogen-bond acceptors (Lipinski definition) is 4. The molecule has 0 aliphatic rings. The van der Waals surface area contributed by atoms with E-state index in [1.807, 2.05) is 6.07 Å². The van der Waals surface area contributed by atoms with Crippen molar-refractivity contribution >= 4 is 5.91 Å². The summed E-state index contributed by atoms with van der Waals surface area (Å²) in [7, 11) is 1.62. The van der Waals surface area contributed by atoms with Crippen molar-refractivity contribution in [2.45, 2.75) is 6.42 Å². The van der Waals surface area contributed by atoms with E-state index in [0.29, 0.717) is 24.4 Å². The highest BCUT2D eigenvalue weighted by molar-refractivity contribution is 5.92. The molecule has 0 aromatic carbocycles. The van der Waals surface area contributed by atoms with Crippen LogP contribution in [0, 0.1) is 11.3 Å². The maximum atomic E-state index is 11.5. The van der Waals surface area contributed by atoms with Gasteiger partial charge < -0.3 is 10.1 Å². The van der Waals surface area contributed by atoms with E-state index in [-0.39, 0.29) is 5.91 Å². The molecule has 1 aromatic rings. The fourth-order valence-corrected chi connectivity index (χ4v) is 1.10. The largest absolute Gasteiger partial charge is 0.385 e. The van der Waals surface area contributed by atoms with E-state index >= 15 is 0 Å². The Kier molecular flexibility index (Phi) is 4.96. The molecule has 0 unspecified atom stereocenters. The number of nitrogens with zero attached hydrogens (tertiary/aromatic N) is 2. The zero-order valence-corrected chi connectivity index (χ0v) is 9.06. The minimum absolute atomic E-state index is 0.236. The number of nitrogens with one attached hydrogen (secondary N) is 1. The Bertz CT molecular complexity index is 381. The van der Waals surface area contributed by atoms with Crippen LogP contribution in [0.2, 0.25) is 0 Å². The van der Waals surface area contributed by atoms with Gasteiger partial charge in [0.05, 0.1) is 5.56 Å². The van der Waals surface area contributed by atoms with Gasteiger partial charge in [0, 0.05) is 26.5 Å². The van der Waals surface area contributed by atoms with Gasteiger partial charge in [-0.1, -0.05) is 0 Å². The molecular weight excluding hydrogens is 206 g/mol. The molecule has 16 heavy (non-hydrogen) atoms. The standard InChI is InChI=1S/C11H13N3O2/c1-16-6-2-5-13-11(15)10-4-3-9(7-12)8-14-10/h3-4,8H,2,5-6H2,1H3,(H,13,15). The summed E-state index contributed by atoms with van der Waals surface area (Å²) in [6, 6.07) is 5.04. The lowest BCUT2D eigenvalue weighted by atomic mass is 10.2. The summed E-state index contributed by atoms with van der Waals surface area (Å²) >= 11 is 0. The lowest BCUT2D eigenvalue weighted by Crippen LogP contribution is -2.26. The summed E-state index contributed by atoms with van der Waals surface area (Å²) < 4.78 is 4.86. The molecule has 1 amide bonds. The highest BCUT2D eigenvalue weighted by atomic mass is 16.5. The SMILES string of the molecule is COCCCNC(=O)c1ccc(C#N)cn1. The molecule has 1 rings (SSSR count). The second-order valence-corrected chi connectivity index (χ2v) is 3.15. The second-order valence-electron chi connectivity index (χ2n) is 3.15. The van der Waals surface area contributed by atoms with E-state index in [1.165, 1.54) is 12.3 Å². The molecule has 5 nitrogen and oxygen atoms in total. The number of pyridine rings is 1. The molecule has 0 aliphatic carbocycles. The molecule has 0 saturated heterocycles. The number of aromatic nitrogens is 1. The first-order chi connectivity index (χ1) is 7.77. The summed E-state index contributed by atoms with van der Waals surface area (Å²) in [5, 5.41) is 11.3. The number of methoxy groups -OCH3 is 1. The van der Waals surface area contributed by atoms with Crippen molar-refractivity contribution < 1.29 is 9.53 Å². The van der Waals surface area contributed by atoms with Crippen LogP contribution in [0.5, 0.6) is 0 Å². The fourth-order valence-electron chi connectivity index (χ4n) is 1.10. The van der Waals surface area contributed by atoms with Crippen LogP contribution >= 0.6 is 0 Å². The average molecular weight is 219 g/mol. The first-order valence-electron chi connectivity index (χ1n) is 4.91. The average Bonchev–Trinajstić information content (AvgIpc) is 2.34. The van der Waals surface area contributed by atoms with E-state index in [0.717, 1.165) is 6.42 Å². The maximum Gasteiger partial charge on any atom is 0.269 e. The quantitative estimate of drug-likeness (QED) is 0.740. The number of nitriles is 1. The van der Waals surface area contributed by atoms with Crippen molar-refractivity contribution in [1.29, 1.82) is 5.26 Å². The first kappa shape index (κ1) is 12.1. The summed E-state index contributed by atoms with van der Waals surface area (Å²) in [6.07, 6.45) is 2.14. The van der Waals surface area contributed by atoms with Gasteiger partial charge in [-0.25, -0.2) is 4.98 Å². The molecule has 5 heteroatoms. The van der Waals surface area contributed by atoms with Crippen LogP contribution in [0.1, 0.15) is 22.5 Å². The molecule has 0 fully saturated rings. The monoisotopic (exact) mass is 219 g/mol. The molecule has 0 bridgehead atoms. The number of carbonyl (C=O) groups is 1. The number of amides is 1. The zero-order valence-electron chi connectivity index (χ0n) is 9.06. The third-order valence-corrected chi connectivity index (χ3v) is 1.94. The van der Waals surface area contributed by atoms with E-state index in [1.54, 1.807) is 13.2 Å². The van der Waals surface area contributed by atoms with E-state index in [2.05, 4.69) is 10.3 Å². The third kappa shape index (κ3) is 3.67. The van der Waals surface area contributed by atoms with Crippen LogP contribution in [-0.4, -0.2) is 31.2 Å². The summed E-state index contributed by atoms with van der Waals surface area (Å²) in [4.78, 5) is 15.4. The molecular formula is C11H13N3O2. The van der Waals surface area contributed by atoms with Crippen molar-refractivity contribution in [2.75, 3.05) is 20.3 Å². The Morgan fingerprint density at radius 1 is 1.62 bits per heavy atom. The lowest BCUT2D eigenvalue weighted by Gasteiger charge is -2.03. The van der Waals surface area contributed by atoms with Gasteiger partial charge in [0.25, 0.3) is 5.91 Å². The van der Waals surface area contributed by atoms with Gasteiger partial charge >= 0.3 is 0 Å². The van der Waals surface area contributed by atoms with E-state index in [9.17, 15) is 4.79 Å². The Morgan fingerprint density at radius 3 is 3.00 bits per heavy atom. The van der Waals surface area contributed by atoms with E-state index < -0.39 is 0 Å². The Balaban J connectivity index is 2.44. The van der Waals surface area contributed by atoms with Crippen LogP contribution in [-0.2, 0) is 4.74 Å². The molecule has 0 radical (unpaired) electrons. The van der Waals surface area contributed by atoms with Gasteiger partial charge in [-0.3, -0.25) is 4.79 Å². The summed E-state index contributed by atoms with van der Waals surface area (Å²) in [5.41, 5.74) is 0.757. The van der Waals surface area contributed by atoms with Crippen molar-refractivity contribution in [3.8, 4) is 6.07 Å². The van der Waals surface area contributed by atoms with Gasteiger partial charge in [-0.2, -0.15) is 5.26 Å². The van der Waals surface area contributed by atoms with Crippen molar-refractivity contribution in [3.63, 3.8) is 0 Å². The predicted octanol–water partition coefficient (Wildman–Crippen LogP) is 0.720. The highest BCUT2D eigenvalue weighted by Crippen LogP contribution is 1.98. The van der Waals surface area contributed by atoms with E-state index in [4.69, 9.17) is 10.00 Å². The Morgan fingerprint density at radius 2 is 2.44 bits per heavy atom. The third-order valence-electron chi connectivity index (χ3n) is 1.94. The Hall–Kier alpha value is -1.93. The molecule has 1 aromatic heterocycles.